The third-order valence-corrected chi connectivity index (χ3v) is 7.40. The summed E-state index contributed by atoms with van der Waals surface area (Å²) in [6, 6.07) is 18.9. The van der Waals surface area contributed by atoms with Gasteiger partial charge in [0.1, 0.15) is 11.8 Å². The number of nitrogens with zero attached hydrogens (tertiary/aromatic N) is 6. The van der Waals surface area contributed by atoms with Gasteiger partial charge in [-0.05, 0) is 48.6 Å². The molecule has 1 aliphatic carbocycles. The molecule has 0 spiro atoms. The molecule has 1 unspecified atom stereocenters. The van der Waals surface area contributed by atoms with Crippen LogP contribution >= 0.6 is 11.6 Å². The monoisotopic (exact) mass is 552 g/mol. The fourth-order valence-electron chi connectivity index (χ4n) is 4.86. The Morgan fingerprint density at radius 2 is 1.90 bits per heavy atom. The van der Waals surface area contributed by atoms with Crippen molar-refractivity contribution in [3.63, 3.8) is 0 Å². The van der Waals surface area contributed by atoms with Crippen molar-refractivity contribution in [1.82, 2.24) is 25.0 Å². The van der Waals surface area contributed by atoms with Crippen LogP contribution in [0.1, 0.15) is 66.7 Å². The number of hydrogen-bond donors (Lipinski definition) is 2. The van der Waals surface area contributed by atoms with Crippen molar-refractivity contribution in [2.24, 2.45) is 0 Å². The molecule has 3 heterocycles. The third-order valence-electron chi connectivity index (χ3n) is 7.11. The van der Waals surface area contributed by atoms with Gasteiger partial charge in [0.05, 0.1) is 46.1 Å². The van der Waals surface area contributed by atoms with E-state index < -0.39 is 12.0 Å². The highest BCUT2D eigenvalue weighted by molar-refractivity contribution is 6.35. The zero-order valence-corrected chi connectivity index (χ0v) is 22.5. The lowest BCUT2D eigenvalue weighted by molar-refractivity contribution is 0.581. The molecule has 1 saturated carbocycles. The van der Waals surface area contributed by atoms with Crippen LogP contribution in [-0.2, 0) is 0 Å². The van der Waals surface area contributed by atoms with Crippen molar-refractivity contribution in [1.29, 1.82) is 5.26 Å². The van der Waals surface area contributed by atoms with Crippen molar-refractivity contribution in [3.05, 3.63) is 107 Å². The number of benzene rings is 2. The molecule has 200 valence electrons. The van der Waals surface area contributed by atoms with Crippen molar-refractivity contribution in [3.8, 4) is 6.07 Å². The molecule has 1 fully saturated rings. The number of nitriles is 1. The van der Waals surface area contributed by atoms with Gasteiger partial charge < -0.3 is 10.6 Å². The summed E-state index contributed by atoms with van der Waals surface area (Å²) in [5.74, 6) is -0.562. The lowest BCUT2D eigenvalue weighted by Gasteiger charge is -2.22. The highest BCUT2D eigenvalue weighted by atomic mass is 35.5. The minimum atomic E-state index is -0.562. The highest BCUT2D eigenvalue weighted by Crippen LogP contribution is 2.38. The lowest BCUT2D eigenvalue weighted by atomic mass is 10.0. The summed E-state index contributed by atoms with van der Waals surface area (Å²) in [6.07, 6.45) is 7.90. The second kappa shape index (κ2) is 10.9. The Hall–Kier alpha value is -4.55. The third kappa shape index (κ3) is 5.18. The minimum absolute atomic E-state index is 0.0233. The molecule has 5 aromatic rings. The predicted molar refractivity (Wildman–Crippen MR) is 153 cm³/mol. The average molecular weight is 553 g/mol. The van der Waals surface area contributed by atoms with E-state index in [1.165, 1.54) is 12.3 Å². The smallest absolute Gasteiger partial charge is 0.212 e. The second-order valence-electron chi connectivity index (χ2n) is 9.87. The SMILES string of the molecule is CC[C@@H](Nc1c(C#N)cnc2c(Cl)cc(NC(c3ccc(F)nc3)c3cn(C4CC4)nn3)cc12)c1ccccc1. The number of anilines is 2. The van der Waals surface area contributed by atoms with Gasteiger partial charge in [0, 0.05) is 23.5 Å². The van der Waals surface area contributed by atoms with E-state index in [0.29, 0.717) is 44.6 Å². The number of halogens is 2. The molecule has 0 aliphatic heterocycles. The normalized spacial score (nSPS) is 14.4. The molecule has 2 aromatic carbocycles. The van der Waals surface area contributed by atoms with Crippen LogP contribution in [-0.4, -0.2) is 25.0 Å². The standard InChI is InChI=1S/C30H26ClFN8/c1-2-25(18-6-4-3-5-7-18)37-28-20(14-33)16-35-30-23(28)12-21(13-24(30)31)36-29(19-8-11-27(32)34-15-19)26-17-40(39-38-26)22-9-10-22/h3-8,11-13,15-17,22,25,29,36H,2,9-10H2,1H3,(H,35,37)/t25-,29?/m1/s1. The van der Waals surface area contributed by atoms with Crippen LogP contribution in [0.2, 0.25) is 5.02 Å². The van der Waals surface area contributed by atoms with E-state index in [1.54, 1.807) is 18.3 Å². The molecule has 0 bridgehead atoms. The molecule has 2 N–H and O–H groups in total. The summed E-state index contributed by atoms with van der Waals surface area (Å²) < 4.78 is 15.5. The molecule has 2 atom stereocenters. The van der Waals surface area contributed by atoms with Crippen LogP contribution in [0.15, 0.2) is 73.2 Å². The second-order valence-corrected chi connectivity index (χ2v) is 10.3. The highest BCUT2D eigenvalue weighted by Gasteiger charge is 2.27. The van der Waals surface area contributed by atoms with E-state index in [0.717, 1.165) is 30.4 Å². The maximum Gasteiger partial charge on any atom is 0.212 e. The van der Waals surface area contributed by atoms with E-state index in [9.17, 15) is 9.65 Å². The maximum atomic E-state index is 13.7. The Balaban J connectivity index is 1.42. The first-order valence-electron chi connectivity index (χ1n) is 13.2. The molecular weight excluding hydrogens is 527 g/mol. The van der Waals surface area contributed by atoms with Crippen LogP contribution in [0, 0.1) is 17.3 Å². The van der Waals surface area contributed by atoms with E-state index in [1.807, 2.05) is 35.1 Å². The van der Waals surface area contributed by atoms with Gasteiger partial charge in [-0.3, -0.25) is 4.98 Å². The summed E-state index contributed by atoms with van der Waals surface area (Å²) in [5, 5.41) is 26.9. The average Bonchev–Trinajstić information content (AvgIpc) is 3.72. The van der Waals surface area contributed by atoms with Gasteiger partial charge in [-0.2, -0.15) is 9.65 Å². The number of fused-ring (bicyclic) bond motifs is 1. The molecule has 1 aliphatic rings. The molecule has 0 radical (unpaired) electrons. The zero-order chi connectivity index (χ0) is 27.6. The van der Waals surface area contributed by atoms with Crippen LogP contribution < -0.4 is 10.6 Å². The molecule has 0 saturated heterocycles. The number of hydrogen-bond acceptors (Lipinski definition) is 7. The summed E-state index contributed by atoms with van der Waals surface area (Å²) in [4.78, 5) is 8.35. The number of nitrogens with one attached hydrogen (secondary N) is 2. The first-order chi connectivity index (χ1) is 19.5. The van der Waals surface area contributed by atoms with Gasteiger partial charge >= 0.3 is 0 Å². The summed E-state index contributed by atoms with van der Waals surface area (Å²) in [5.41, 5.74) is 4.85. The molecule has 0 amide bonds. The van der Waals surface area contributed by atoms with Crippen LogP contribution in [0.4, 0.5) is 15.8 Å². The maximum absolute atomic E-state index is 13.7. The van der Waals surface area contributed by atoms with Crippen molar-refractivity contribution < 1.29 is 4.39 Å². The Morgan fingerprint density at radius 1 is 1.07 bits per heavy atom. The topological polar surface area (TPSA) is 104 Å². The summed E-state index contributed by atoms with van der Waals surface area (Å²) >= 11 is 6.76. The Labute approximate surface area is 235 Å². The van der Waals surface area contributed by atoms with Gasteiger partial charge in [0.2, 0.25) is 5.95 Å². The van der Waals surface area contributed by atoms with Crippen molar-refractivity contribution in [2.45, 2.75) is 44.3 Å². The molecule has 40 heavy (non-hydrogen) atoms. The molecule has 3 aromatic heterocycles. The number of pyridine rings is 2. The summed E-state index contributed by atoms with van der Waals surface area (Å²) in [7, 11) is 0. The largest absolute Gasteiger partial charge is 0.377 e. The van der Waals surface area contributed by atoms with Gasteiger partial charge in [-0.1, -0.05) is 60.1 Å². The van der Waals surface area contributed by atoms with Crippen LogP contribution in [0.25, 0.3) is 10.9 Å². The van der Waals surface area contributed by atoms with Crippen LogP contribution in [0.5, 0.6) is 0 Å². The van der Waals surface area contributed by atoms with E-state index in [-0.39, 0.29) is 6.04 Å². The van der Waals surface area contributed by atoms with Gasteiger partial charge in [-0.25, -0.2) is 9.67 Å². The van der Waals surface area contributed by atoms with Gasteiger partial charge in [0.25, 0.3) is 0 Å². The number of aromatic nitrogens is 5. The van der Waals surface area contributed by atoms with E-state index in [2.05, 4.69) is 56.0 Å². The zero-order valence-electron chi connectivity index (χ0n) is 21.7. The molecule has 8 nitrogen and oxygen atoms in total. The molecule has 10 heteroatoms. The van der Waals surface area contributed by atoms with Gasteiger partial charge in [-0.15, -0.1) is 5.10 Å². The fourth-order valence-corrected chi connectivity index (χ4v) is 5.12. The fraction of sp³-hybridized carbons (Fsp3) is 0.233. The Kier molecular flexibility index (Phi) is 7.01. The van der Waals surface area contributed by atoms with E-state index >= 15 is 0 Å². The van der Waals surface area contributed by atoms with Crippen molar-refractivity contribution in [2.75, 3.05) is 10.6 Å². The van der Waals surface area contributed by atoms with Gasteiger partial charge in [0.15, 0.2) is 0 Å². The van der Waals surface area contributed by atoms with Crippen molar-refractivity contribution >= 4 is 33.9 Å². The lowest BCUT2D eigenvalue weighted by Crippen LogP contribution is -2.14. The Morgan fingerprint density at radius 3 is 2.60 bits per heavy atom. The van der Waals surface area contributed by atoms with E-state index in [4.69, 9.17) is 11.6 Å². The Bertz CT molecular complexity index is 1690. The first-order valence-corrected chi connectivity index (χ1v) is 13.6. The quantitative estimate of drug-likeness (QED) is 0.190. The predicted octanol–water partition coefficient (Wildman–Crippen LogP) is 6.99. The molecule has 6 rings (SSSR count). The first kappa shape index (κ1) is 25.7. The number of rotatable bonds is 9. The molecular formula is C30H26ClFN8. The van der Waals surface area contributed by atoms with Crippen LogP contribution in [0.3, 0.4) is 0 Å². The summed E-state index contributed by atoms with van der Waals surface area (Å²) in [6.45, 7) is 2.09. The minimum Gasteiger partial charge on any atom is -0.377 e.